The van der Waals surface area contributed by atoms with Gasteiger partial charge in [-0.05, 0) is 11.1 Å². The predicted octanol–water partition coefficient (Wildman–Crippen LogP) is 2.22. The van der Waals surface area contributed by atoms with Gasteiger partial charge in [-0.1, -0.05) is 42.4 Å². The van der Waals surface area contributed by atoms with E-state index in [2.05, 4.69) is 12.1 Å². The second-order valence-corrected chi connectivity index (χ2v) is 4.95. The summed E-state index contributed by atoms with van der Waals surface area (Å²) < 4.78 is 18.6. The lowest BCUT2D eigenvalue weighted by Crippen LogP contribution is -2.23. The summed E-state index contributed by atoms with van der Waals surface area (Å²) in [7, 11) is 1.85. The van der Waals surface area contributed by atoms with E-state index in [9.17, 15) is 4.55 Å². The molecule has 1 fully saturated rings. The molecule has 1 aliphatic heterocycles. The molecule has 3 nitrogen and oxygen atoms in total. The molecule has 4 heteroatoms. The lowest BCUT2D eigenvalue weighted by molar-refractivity contribution is 0.217. The quantitative estimate of drug-likeness (QED) is 0.651. The molecular weight excluding hydrogens is 222 g/mol. The van der Waals surface area contributed by atoms with Crippen molar-refractivity contribution >= 4 is 11.6 Å². The molecule has 0 saturated carbocycles. The fourth-order valence-corrected chi connectivity index (χ4v) is 3.28. The molecule has 1 heterocycles. The van der Waals surface area contributed by atoms with Crippen molar-refractivity contribution in [1.29, 1.82) is 0 Å². The van der Waals surface area contributed by atoms with Crippen molar-refractivity contribution in [3.63, 3.8) is 0 Å². The van der Waals surface area contributed by atoms with Crippen molar-refractivity contribution in [1.82, 2.24) is 4.31 Å². The monoisotopic (exact) mass is 239 g/mol. The Bertz CT molecular complexity index is 372. The van der Waals surface area contributed by atoms with Crippen molar-refractivity contribution in [3.05, 3.63) is 35.4 Å². The summed E-state index contributed by atoms with van der Waals surface area (Å²) in [4.78, 5) is 0. The summed E-state index contributed by atoms with van der Waals surface area (Å²) in [6, 6.07) is 8.47. The summed E-state index contributed by atoms with van der Waals surface area (Å²) >= 11 is -1.25. The van der Waals surface area contributed by atoms with Crippen LogP contribution in [0.1, 0.15) is 31.0 Å². The van der Waals surface area contributed by atoms with E-state index < -0.39 is 11.6 Å². The van der Waals surface area contributed by atoms with Gasteiger partial charge in [-0.15, -0.1) is 4.18 Å². The lowest BCUT2D eigenvalue weighted by Gasteiger charge is -2.13. The third-order valence-electron chi connectivity index (χ3n) is 2.98. The van der Waals surface area contributed by atoms with Crippen LogP contribution in [0.15, 0.2) is 24.3 Å². The molecule has 3 rings (SSSR count). The molecular formula is C12H17NO2S. The van der Waals surface area contributed by atoms with Crippen molar-refractivity contribution in [2.24, 2.45) is 0 Å². The van der Waals surface area contributed by atoms with Gasteiger partial charge in [0.25, 0.3) is 0 Å². The molecule has 1 saturated heterocycles. The number of rotatable bonds is 0. The van der Waals surface area contributed by atoms with Crippen molar-refractivity contribution in [2.75, 3.05) is 7.05 Å². The molecule has 0 aromatic heterocycles. The molecule has 1 aromatic rings. The van der Waals surface area contributed by atoms with Gasteiger partial charge in [-0.3, -0.25) is 0 Å². The van der Waals surface area contributed by atoms with Crippen LogP contribution in [-0.2, 0) is 22.2 Å². The van der Waals surface area contributed by atoms with E-state index in [0.717, 1.165) is 6.42 Å². The molecule has 0 bridgehead atoms. The van der Waals surface area contributed by atoms with Crippen LogP contribution in [0.25, 0.3) is 0 Å². The molecule has 1 aliphatic carbocycles. The predicted molar refractivity (Wildman–Crippen MR) is 65.0 cm³/mol. The first kappa shape index (κ1) is 11.9. The normalized spacial score (nSPS) is 31.6. The van der Waals surface area contributed by atoms with Gasteiger partial charge in [-0.2, -0.15) is 0 Å². The Balaban J connectivity index is 0.000000457. The van der Waals surface area contributed by atoms with E-state index in [0.29, 0.717) is 0 Å². The first-order valence-electron chi connectivity index (χ1n) is 5.67. The number of likely N-dealkylation sites (N-methyl/N-ethyl adjacent to an activating group) is 1. The number of fused-ring (bicyclic) bond motifs is 3. The number of hydrogen-bond donors (Lipinski definition) is 0. The van der Waals surface area contributed by atoms with E-state index in [1.54, 1.807) is 4.31 Å². The first-order chi connectivity index (χ1) is 7.77. The highest BCUT2D eigenvalue weighted by molar-refractivity contribution is 7.84. The zero-order chi connectivity index (χ0) is 11.7. The minimum absolute atomic E-state index is 0.0817. The SMILES string of the molecule is CC.CN1C2c3ccccc3CC2O[S+]1[O-]. The van der Waals surface area contributed by atoms with Crippen LogP contribution in [0.5, 0.6) is 0 Å². The molecule has 3 unspecified atom stereocenters. The van der Waals surface area contributed by atoms with Gasteiger partial charge in [0.2, 0.25) is 11.6 Å². The van der Waals surface area contributed by atoms with Gasteiger partial charge >= 0.3 is 0 Å². The van der Waals surface area contributed by atoms with E-state index in [-0.39, 0.29) is 12.1 Å². The van der Waals surface area contributed by atoms with Crippen LogP contribution in [0.2, 0.25) is 0 Å². The minimum Gasteiger partial charge on any atom is -0.566 e. The Labute approximate surface area is 99.9 Å². The van der Waals surface area contributed by atoms with Gasteiger partial charge in [0.05, 0.1) is 0 Å². The largest absolute Gasteiger partial charge is 0.566 e. The van der Waals surface area contributed by atoms with E-state index in [1.807, 2.05) is 33.0 Å². The van der Waals surface area contributed by atoms with E-state index >= 15 is 0 Å². The molecule has 0 spiro atoms. The number of benzene rings is 1. The second-order valence-electron chi connectivity index (χ2n) is 3.75. The Morgan fingerprint density at radius 2 is 2.06 bits per heavy atom. The van der Waals surface area contributed by atoms with Gasteiger partial charge in [0, 0.05) is 13.5 Å². The van der Waals surface area contributed by atoms with Gasteiger partial charge in [0.1, 0.15) is 12.1 Å². The molecule has 1 aromatic carbocycles. The topological polar surface area (TPSA) is 35.5 Å². The fraction of sp³-hybridized carbons (Fsp3) is 0.500. The maximum atomic E-state index is 11.4. The summed E-state index contributed by atoms with van der Waals surface area (Å²) in [5.74, 6) is 0. The maximum Gasteiger partial charge on any atom is 0.217 e. The molecule has 16 heavy (non-hydrogen) atoms. The average Bonchev–Trinajstić information content (AvgIpc) is 2.80. The number of nitrogens with zero attached hydrogens (tertiary/aromatic N) is 1. The summed E-state index contributed by atoms with van der Waals surface area (Å²) in [5.41, 5.74) is 2.59. The van der Waals surface area contributed by atoms with Gasteiger partial charge in [0.15, 0.2) is 0 Å². The van der Waals surface area contributed by atoms with Crippen LogP contribution >= 0.6 is 0 Å². The lowest BCUT2D eigenvalue weighted by atomic mass is 10.1. The first-order valence-corrected chi connectivity index (χ1v) is 6.70. The van der Waals surface area contributed by atoms with Crippen molar-refractivity contribution in [2.45, 2.75) is 32.4 Å². The Kier molecular flexibility index (Phi) is 3.54. The van der Waals surface area contributed by atoms with Crippen LogP contribution in [-0.4, -0.2) is 22.0 Å². The average molecular weight is 239 g/mol. The van der Waals surface area contributed by atoms with Crippen molar-refractivity contribution < 1.29 is 8.74 Å². The Morgan fingerprint density at radius 1 is 1.38 bits per heavy atom. The van der Waals surface area contributed by atoms with Crippen LogP contribution in [0, 0.1) is 0 Å². The van der Waals surface area contributed by atoms with Crippen LogP contribution < -0.4 is 0 Å². The highest BCUT2D eigenvalue weighted by Crippen LogP contribution is 2.43. The molecule has 3 atom stereocenters. The molecule has 0 radical (unpaired) electrons. The van der Waals surface area contributed by atoms with Crippen molar-refractivity contribution in [3.8, 4) is 0 Å². The van der Waals surface area contributed by atoms with Gasteiger partial charge in [-0.25, -0.2) is 0 Å². The highest BCUT2D eigenvalue weighted by Gasteiger charge is 2.50. The summed E-state index contributed by atoms with van der Waals surface area (Å²) in [5, 5.41) is 0. The number of hydrogen-bond acceptors (Lipinski definition) is 3. The fourth-order valence-electron chi connectivity index (χ4n) is 2.32. The van der Waals surface area contributed by atoms with E-state index in [4.69, 9.17) is 4.18 Å². The minimum atomic E-state index is -1.25. The molecule has 88 valence electrons. The Hall–Kier alpha value is -0.550. The smallest absolute Gasteiger partial charge is 0.217 e. The molecule has 2 aliphatic rings. The Morgan fingerprint density at radius 3 is 2.81 bits per heavy atom. The van der Waals surface area contributed by atoms with Crippen LogP contribution in [0.4, 0.5) is 0 Å². The second kappa shape index (κ2) is 4.75. The van der Waals surface area contributed by atoms with Gasteiger partial charge < -0.3 is 4.55 Å². The summed E-state index contributed by atoms with van der Waals surface area (Å²) in [6.45, 7) is 4.00. The third kappa shape index (κ3) is 1.76. The zero-order valence-electron chi connectivity index (χ0n) is 9.84. The third-order valence-corrected chi connectivity index (χ3v) is 4.09. The standard InChI is InChI=1S/C10H11NO2S.C2H6/c1-11-10-8-5-3-2-4-7(8)6-9(10)13-14(11)12;1-2/h2-5,9-10H,6H2,1H3;1-2H3. The van der Waals surface area contributed by atoms with Crippen LogP contribution in [0.3, 0.4) is 0 Å². The van der Waals surface area contributed by atoms with E-state index in [1.165, 1.54) is 11.1 Å². The maximum absolute atomic E-state index is 11.4. The molecule has 0 N–H and O–H groups in total. The highest BCUT2D eigenvalue weighted by atomic mass is 32.2. The molecule has 0 amide bonds. The zero-order valence-corrected chi connectivity index (χ0v) is 10.7. The summed E-state index contributed by atoms with van der Waals surface area (Å²) in [6.07, 6.45) is 0.968.